The Labute approximate surface area is 201 Å². The number of nitrogens with one attached hydrogen (secondary N) is 3. The van der Waals surface area contributed by atoms with Crippen LogP contribution in [-0.2, 0) is 15.8 Å². The van der Waals surface area contributed by atoms with E-state index in [0.717, 1.165) is 12.6 Å². The molecule has 1 aliphatic heterocycles. The lowest BCUT2D eigenvalue weighted by molar-refractivity contribution is -0.139. The van der Waals surface area contributed by atoms with Crippen molar-refractivity contribution in [2.24, 2.45) is 5.73 Å². The summed E-state index contributed by atoms with van der Waals surface area (Å²) in [5.74, 6) is -1.59. The number of carbonyl (C=O) groups excluding carboxylic acids is 2. The minimum Gasteiger partial charge on any atom is -0.488 e. The molecule has 0 saturated carbocycles. The minimum absolute atomic E-state index is 0.115. The molecule has 2 aromatic rings. The van der Waals surface area contributed by atoms with Gasteiger partial charge in [0.15, 0.2) is 0 Å². The molecule has 2 aromatic carbocycles. The zero-order valence-electron chi connectivity index (χ0n) is 19.4. The number of likely N-dealkylation sites (N-methyl/N-ethyl adjacent to an activating group) is 1. The summed E-state index contributed by atoms with van der Waals surface area (Å²) < 4.78 is 46.7. The van der Waals surface area contributed by atoms with Crippen molar-refractivity contribution in [2.45, 2.75) is 38.1 Å². The van der Waals surface area contributed by atoms with Crippen molar-refractivity contribution in [3.8, 4) is 5.75 Å². The number of hydrogen-bond donors (Lipinski definition) is 4. The van der Waals surface area contributed by atoms with E-state index in [1.165, 1.54) is 19.1 Å². The lowest BCUT2D eigenvalue weighted by Gasteiger charge is -2.21. The van der Waals surface area contributed by atoms with E-state index in [4.69, 9.17) is 15.9 Å². The first kappa shape index (κ1) is 26.0. The molecule has 0 aliphatic carbocycles. The SMILES string of the molecule is CC(NC(=O)CC(=O)Nc1ccc(C(=N)N)cc1)c1ccc(OC2CCN(C)C2)c(C(F)(F)F)c1. The van der Waals surface area contributed by atoms with Crippen LogP contribution in [0.2, 0.25) is 0 Å². The summed E-state index contributed by atoms with van der Waals surface area (Å²) in [5.41, 5.74) is 5.61. The highest BCUT2D eigenvalue weighted by Crippen LogP contribution is 2.38. The topological polar surface area (TPSA) is 121 Å². The van der Waals surface area contributed by atoms with Crippen LogP contribution in [0.4, 0.5) is 18.9 Å². The fourth-order valence-corrected chi connectivity index (χ4v) is 3.77. The van der Waals surface area contributed by atoms with Gasteiger partial charge in [-0.25, -0.2) is 0 Å². The second-order valence-electron chi connectivity index (χ2n) is 8.55. The van der Waals surface area contributed by atoms with Gasteiger partial charge in [-0.05, 0) is 62.4 Å². The van der Waals surface area contributed by atoms with Crippen LogP contribution < -0.4 is 21.1 Å². The monoisotopic (exact) mass is 491 g/mol. The van der Waals surface area contributed by atoms with E-state index in [0.29, 0.717) is 24.2 Å². The van der Waals surface area contributed by atoms with Gasteiger partial charge in [-0.1, -0.05) is 6.07 Å². The van der Waals surface area contributed by atoms with Crippen molar-refractivity contribution in [2.75, 3.05) is 25.5 Å². The van der Waals surface area contributed by atoms with Crippen molar-refractivity contribution in [1.29, 1.82) is 5.41 Å². The van der Waals surface area contributed by atoms with E-state index in [1.807, 2.05) is 11.9 Å². The molecule has 11 heteroatoms. The molecule has 0 aromatic heterocycles. The molecule has 3 rings (SSSR count). The Balaban J connectivity index is 1.61. The number of carbonyl (C=O) groups is 2. The highest BCUT2D eigenvalue weighted by Gasteiger charge is 2.36. The quantitative estimate of drug-likeness (QED) is 0.257. The first-order valence-electron chi connectivity index (χ1n) is 11.0. The second kappa shape index (κ2) is 10.8. The van der Waals surface area contributed by atoms with E-state index in [9.17, 15) is 22.8 Å². The van der Waals surface area contributed by atoms with E-state index >= 15 is 0 Å². The maximum atomic E-state index is 13.7. The number of likely N-dealkylation sites (tertiary alicyclic amines) is 1. The van der Waals surface area contributed by atoms with Crippen LogP contribution in [0.25, 0.3) is 0 Å². The summed E-state index contributed by atoms with van der Waals surface area (Å²) in [4.78, 5) is 26.5. The zero-order valence-corrected chi connectivity index (χ0v) is 19.4. The summed E-state index contributed by atoms with van der Waals surface area (Å²) in [6.45, 7) is 2.84. The molecule has 1 heterocycles. The van der Waals surface area contributed by atoms with Crippen molar-refractivity contribution in [3.63, 3.8) is 0 Å². The average Bonchev–Trinajstić information content (AvgIpc) is 3.17. The van der Waals surface area contributed by atoms with Crippen LogP contribution in [0.5, 0.6) is 5.75 Å². The van der Waals surface area contributed by atoms with Gasteiger partial charge in [-0.3, -0.25) is 15.0 Å². The molecule has 1 aliphatic rings. The van der Waals surface area contributed by atoms with Crippen LogP contribution in [0.1, 0.15) is 42.5 Å². The van der Waals surface area contributed by atoms with Crippen molar-refractivity contribution >= 4 is 23.3 Å². The molecule has 2 atom stereocenters. The Kier molecular flexibility index (Phi) is 8.00. The third-order valence-corrected chi connectivity index (χ3v) is 5.63. The van der Waals surface area contributed by atoms with Gasteiger partial charge < -0.3 is 26.0 Å². The third-order valence-electron chi connectivity index (χ3n) is 5.63. The Bertz CT molecular complexity index is 1090. The van der Waals surface area contributed by atoms with Gasteiger partial charge >= 0.3 is 6.18 Å². The molecule has 5 N–H and O–H groups in total. The van der Waals surface area contributed by atoms with Gasteiger partial charge in [-0.15, -0.1) is 0 Å². The number of nitrogens with two attached hydrogens (primary N) is 1. The molecule has 2 unspecified atom stereocenters. The van der Waals surface area contributed by atoms with Crippen LogP contribution in [0.15, 0.2) is 42.5 Å². The number of ether oxygens (including phenoxy) is 1. The van der Waals surface area contributed by atoms with Gasteiger partial charge in [0.1, 0.15) is 24.1 Å². The normalized spacial score (nSPS) is 17.0. The molecule has 1 saturated heterocycles. The van der Waals surface area contributed by atoms with Crippen LogP contribution in [-0.4, -0.2) is 48.8 Å². The predicted octanol–water partition coefficient (Wildman–Crippen LogP) is 3.28. The number of amidine groups is 1. The van der Waals surface area contributed by atoms with Crippen LogP contribution in [0.3, 0.4) is 0 Å². The Hall–Kier alpha value is -3.60. The highest BCUT2D eigenvalue weighted by molar-refractivity contribution is 6.04. The Morgan fingerprint density at radius 2 is 1.89 bits per heavy atom. The van der Waals surface area contributed by atoms with E-state index in [1.54, 1.807) is 24.3 Å². The van der Waals surface area contributed by atoms with Crippen molar-refractivity contribution in [3.05, 3.63) is 59.2 Å². The zero-order chi connectivity index (χ0) is 25.8. The minimum atomic E-state index is -4.63. The van der Waals surface area contributed by atoms with E-state index in [-0.39, 0.29) is 23.3 Å². The molecule has 2 amide bonds. The number of anilines is 1. The van der Waals surface area contributed by atoms with E-state index in [2.05, 4.69) is 10.6 Å². The number of alkyl halides is 3. The molecule has 188 valence electrons. The number of amides is 2. The number of benzene rings is 2. The smallest absolute Gasteiger partial charge is 0.419 e. The van der Waals surface area contributed by atoms with Crippen LogP contribution in [0, 0.1) is 5.41 Å². The molecule has 35 heavy (non-hydrogen) atoms. The molecular formula is C24H28F3N5O3. The highest BCUT2D eigenvalue weighted by atomic mass is 19.4. The summed E-state index contributed by atoms with van der Waals surface area (Å²) in [6, 6.07) is 9.14. The standard InChI is InChI=1S/C24H28F3N5O3/c1-14(30-21(33)12-22(34)31-17-6-3-15(4-7-17)23(28)29)16-5-8-20(19(11-16)24(25,26)27)35-18-9-10-32(2)13-18/h3-8,11,14,18H,9-10,12-13H2,1-2H3,(H3,28,29)(H,30,33)(H,31,34). The van der Waals surface area contributed by atoms with Gasteiger partial charge in [0.2, 0.25) is 11.8 Å². The molecule has 1 fully saturated rings. The Morgan fingerprint density at radius 1 is 1.20 bits per heavy atom. The largest absolute Gasteiger partial charge is 0.488 e. The molecule has 0 radical (unpaired) electrons. The van der Waals surface area contributed by atoms with Gasteiger partial charge in [0.25, 0.3) is 0 Å². The maximum Gasteiger partial charge on any atom is 0.419 e. The summed E-state index contributed by atoms with van der Waals surface area (Å²) in [7, 11) is 1.88. The molecular weight excluding hydrogens is 463 g/mol. The summed E-state index contributed by atoms with van der Waals surface area (Å²) >= 11 is 0. The molecule has 0 spiro atoms. The van der Waals surface area contributed by atoms with Crippen LogP contribution >= 0.6 is 0 Å². The maximum absolute atomic E-state index is 13.7. The lowest BCUT2D eigenvalue weighted by atomic mass is 10.0. The second-order valence-corrected chi connectivity index (χ2v) is 8.55. The number of nitrogen functional groups attached to an aromatic ring is 1. The number of hydrogen-bond acceptors (Lipinski definition) is 5. The van der Waals surface area contributed by atoms with Gasteiger partial charge in [-0.2, -0.15) is 13.2 Å². The molecule has 0 bridgehead atoms. The average molecular weight is 492 g/mol. The van der Waals surface area contributed by atoms with Crippen molar-refractivity contribution < 1.29 is 27.5 Å². The summed E-state index contributed by atoms with van der Waals surface area (Å²) in [6.07, 6.45) is -4.81. The van der Waals surface area contributed by atoms with E-state index < -0.39 is 36.0 Å². The number of nitrogens with zero attached hydrogens (tertiary/aromatic N) is 1. The van der Waals surface area contributed by atoms with Crippen molar-refractivity contribution in [1.82, 2.24) is 10.2 Å². The van der Waals surface area contributed by atoms with Gasteiger partial charge in [0.05, 0.1) is 11.6 Å². The molecule has 8 nitrogen and oxygen atoms in total. The third kappa shape index (κ3) is 7.19. The van der Waals surface area contributed by atoms with Gasteiger partial charge in [0, 0.05) is 24.3 Å². The number of halogens is 3. The fraction of sp³-hybridized carbons (Fsp3) is 0.375. The Morgan fingerprint density at radius 3 is 2.46 bits per heavy atom. The number of rotatable bonds is 8. The first-order chi connectivity index (χ1) is 16.4. The fourth-order valence-electron chi connectivity index (χ4n) is 3.77. The first-order valence-corrected chi connectivity index (χ1v) is 11.0. The summed E-state index contributed by atoms with van der Waals surface area (Å²) in [5, 5.41) is 12.5. The predicted molar refractivity (Wildman–Crippen MR) is 125 cm³/mol. The lowest BCUT2D eigenvalue weighted by Crippen LogP contribution is -2.30.